The van der Waals surface area contributed by atoms with E-state index in [0.29, 0.717) is 5.56 Å². The van der Waals surface area contributed by atoms with E-state index in [4.69, 9.17) is 0 Å². The molecule has 15 heavy (non-hydrogen) atoms. The summed E-state index contributed by atoms with van der Waals surface area (Å²) in [6, 6.07) is 2.46. The van der Waals surface area contributed by atoms with Crippen molar-refractivity contribution < 1.29 is 13.6 Å². The summed E-state index contributed by atoms with van der Waals surface area (Å²) in [5, 5.41) is 0. The standard InChI is InChI=1S/C10H10F2N2O/c1-14(2)9-4-7(5-13-6-15)3-8(11)10(9)12/h3-4H,5H2,1-2H3. The minimum atomic E-state index is -0.947. The predicted octanol–water partition coefficient (Wildman–Crippen LogP) is 1.87. The van der Waals surface area contributed by atoms with Gasteiger partial charge < -0.3 is 4.90 Å². The lowest BCUT2D eigenvalue weighted by molar-refractivity contribution is 0.507. The van der Waals surface area contributed by atoms with Crippen LogP contribution < -0.4 is 4.90 Å². The number of benzene rings is 1. The number of carbonyl (C=O) groups excluding carboxylic acids is 1. The maximum absolute atomic E-state index is 13.2. The smallest absolute Gasteiger partial charge is 0.235 e. The number of nitrogens with zero attached hydrogens (tertiary/aromatic N) is 2. The predicted molar refractivity (Wildman–Crippen MR) is 52.5 cm³/mol. The lowest BCUT2D eigenvalue weighted by Gasteiger charge is -2.14. The van der Waals surface area contributed by atoms with Crippen LogP contribution in [0.2, 0.25) is 0 Å². The number of aliphatic imine (C=N–C) groups is 1. The summed E-state index contributed by atoms with van der Waals surface area (Å²) < 4.78 is 26.3. The molecule has 0 aliphatic heterocycles. The van der Waals surface area contributed by atoms with Crippen molar-refractivity contribution in [3.63, 3.8) is 0 Å². The Labute approximate surface area is 86.0 Å². The average Bonchev–Trinajstić information content (AvgIpc) is 2.19. The van der Waals surface area contributed by atoms with Crippen LogP contribution in [0.4, 0.5) is 14.5 Å². The van der Waals surface area contributed by atoms with Crippen molar-refractivity contribution >= 4 is 11.8 Å². The van der Waals surface area contributed by atoms with Gasteiger partial charge in [-0.3, -0.25) is 0 Å². The zero-order valence-electron chi connectivity index (χ0n) is 8.42. The fraction of sp³-hybridized carbons (Fsp3) is 0.300. The minimum Gasteiger partial charge on any atom is -0.375 e. The monoisotopic (exact) mass is 212 g/mol. The molecule has 0 radical (unpaired) electrons. The molecule has 0 N–H and O–H groups in total. The van der Waals surface area contributed by atoms with Gasteiger partial charge in [0.05, 0.1) is 12.2 Å². The number of rotatable bonds is 3. The normalized spacial score (nSPS) is 9.60. The molecule has 0 amide bonds. The van der Waals surface area contributed by atoms with E-state index in [1.54, 1.807) is 14.1 Å². The molecule has 0 fully saturated rings. The van der Waals surface area contributed by atoms with Crippen LogP contribution in [-0.2, 0) is 11.3 Å². The topological polar surface area (TPSA) is 32.7 Å². The van der Waals surface area contributed by atoms with Crippen molar-refractivity contribution in [1.82, 2.24) is 0 Å². The van der Waals surface area contributed by atoms with Gasteiger partial charge in [0.2, 0.25) is 6.08 Å². The van der Waals surface area contributed by atoms with Crippen molar-refractivity contribution in [2.24, 2.45) is 4.99 Å². The highest BCUT2D eigenvalue weighted by molar-refractivity contribution is 5.49. The fourth-order valence-electron chi connectivity index (χ4n) is 1.17. The number of anilines is 1. The Morgan fingerprint density at radius 1 is 1.40 bits per heavy atom. The van der Waals surface area contributed by atoms with Gasteiger partial charge in [0.25, 0.3) is 0 Å². The third kappa shape index (κ3) is 2.60. The largest absolute Gasteiger partial charge is 0.375 e. The van der Waals surface area contributed by atoms with E-state index in [1.807, 2.05) is 0 Å². The minimum absolute atomic E-state index is 0.00153. The van der Waals surface area contributed by atoms with Gasteiger partial charge in [0.15, 0.2) is 11.6 Å². The molecule has 0 aliphatic carbocycles. The Hall–Kier alpha value is -1.74. The van der Waals surface area contributed by atoms with E-state index in [0.717, 1.165) is 6.07 Å². The van der Waals surface area contributed by atoms with Crippen LogP contribution in [-0.4, -0.2) is 20.2 Å². The molecule has 0 bridgehead atoms. The maximum atomic E-state index is 13.2. The number of hydrogen-bond acceptors (Lipinski definition) is 3. The number of hydrogen-bond donors (Lipinski definition) is 0. The molecule has 1 aromatic rings. The Kier molecular flexibility index (Phi) is 3.52. The van der Waals surface area contributed by atoms with Crippen LogP contribution in [0.15, 0.2) is 17.1 Å². The van der Waals surface area contributed by atoms with Crippen molar-refractivity contribution in [2.75, 3.05) is 19.0 Å². The highest BCUT2D eigenvalue weighted by atomic mass is 19.2. The molecule has 1 rings (SSSR count). The zero-order valence-corrected chi connectivity index (χ0v) is 8.42. The van der Waals surface area contributed by atoms with E-state index >= 15 is 0 Å². The van der Waals surface area contributed by atoms with E-state index < -0.39 is 11.6 Å². The van der Waals surface area contributed by atoms with Gasteiger partial charge in [0, 0.05) is 14.1 Å². The van der Waals surface area contributed by atoms with Gasteiger partial charge in [-0.25, -0.2) is 18.6 Å². The third-order valence-electron chi connectivity index (χ3n) is 1.88. The third-order valence-corrected chi connectivity index (χ3v) is 1.88. The van der Waals surface area contributed by atoms with Crippen LogP contribution in [0.25, 0.3) is 0 Å². The molecule has 0 heterocycles. The van der Waals surface area contributed by atoms with Crippen molar-refractivity contribution in [3.8, 4) is 0 Å². The first-order chi connectivity index (χ1) is 7.06. The Bertz CT molecular complexity index is 412. The number of isocyanates is 1. The van der Waals surface area contributed by atoms with Crippen LogP contribution in [0, 0.1) is 11.6 Å². The molecule has 0 aromatic heterocycles. The lowest BCUT2D eigenvalue weighted by Crippen LogP contribution is -2.12. The van der Waals surface area contributed by atoms with Gasteiger partial charge in [0.1, 0.15) is 0 Å². The Morgan fingerprint density at radius 3 is 2.60 bits per heavy atom. The summed E-state index contributed by atoms with van der Waals surface area (Å²) in [7, 11) is 3.20. The second-order valence-electron chi connectivity index (χ2n) is 3.21. The van der Waals surface area contributed by atoms with Crippen LogP contribution >= 0.6 is 0 Å². The summed E-state index contributed by atoms with van der Waals surface area (Å²) in [5.41, 5.74) is 0.562. The van der Waals surface area contributed by atoms with Gasteiger partial charge in [-0.15, -0.1) is 0 Å². The molecular formula is C10H10F2N2O. The summed E-state index contributed by atoms with van der Waals surface area (Å²) in [5.74, 6) is -1.85. The first kappa shape index (κ1) is 11.3. The van der Waals surface area contributed by atoms with Gasteiger partial charge in [-0.1, -0.05) is 0 Å². The molecule has 5 heteroatoms. The number of halogens is 2. The Balaban J connectivity index is 3.16. The molecule has 0 saturated carbocycles. The van der Waals surface area contributed by atoms with Crippen molar-refractivity contribution in [1.29, 1.82) is 0 Å². The molecular weight excluding hydrogens is 202 g/mol. The summed E-state index contributed by atoms with van der Waals surface area (Å²) in [6.45, 7) is 0.00153. The average molecular weight is 212 g/mol. The second-order valence-corrected chi connectivity index (χ2v) is 3.21. The highest BCUT2D eigenvalue weighted by Crippen LogP contribution is 2.22. The summed E-state index contributed by atoms with van der Waals surface area (Å²) in [4.78, 5) is 14.6. The zero-order chi connectivity index (χ0) is 11.4. The second kappa shape index (κ2) is 4.66. The highest BCUT2D eigenvalue weighted by Gasteiger charge is 2.11. The molecule has 0 saturated heterocycles. The van der Waals surface area contributed by atoms with E-state index in [2.05, 4.69) is 4.99 Å². The SMILES string of the molecule is CN(C)c1cc(CN=C=O)cc(F)c1F. The van der Waals surface area contributed by atoms with Crippen LogP contribution in [0.5, 0.6) is 0 Å². The lowest BCUT2D eigenvalue weighted by atomic mass is 10.1. The van der Waals surface area contributed by atoms with Crippen LogP contribution in [0.1, 0.15) is 5.56 Å². The molecule has 3 nitrogen and oxygen atoms in total. The summed E-state index contributed by atoms with van der Waals surface area (Å²) in [6.07, 6.45) is 1.34. The fourth-order valence-corrected chi connectivity index (χ4v) is 1.17. The van der Waals surface area contributed by atoms with Crippen molar-refractivity contribution in [2.45, 2.75) is 6.54 Å². The van der Waals surface area contributed by atoms with Gasteiger partial charge in [-0.2, -0.15) is 0 Å². The van der Waals surface area contributed by atoms with E-state index in [9.17, 15) is 13.6 Å². The maximum Gasteiger partial charge on any atom is 0.235 e. The van der Waals surface area contributed by atoms with Crippen LogP contribution in [0.3, 0.4) is 0 Å². The first-order valence-corrected chi connectivity index (χ1v) is 4.25. The van der Waals surface area contributed by atoms with Crippen molar-refractivity contribution in [3.05, 3.63) is 29.3 Å². The Morgan fingerprint density at radius 2 is 2.07 bits per heavy atom. The molecule has 1 aromatic carbocycles. The molecule has 0 spiro atoms. The summed E-state index contributed by atoms with van der Waals surface area (Å²) >= 11 is 0. The molecule has 80 valence electrons. The first-order valence-electron chi connectivity index (χ1n) is 4.25. The van der Waals surface area contributed by atoms with E-state index in [-0.39, 0.29) is 12.2 Å². The molecule has 0 aliphatic rings. The molecule has 0 atom stereocenters. The van der Waals surface area contributed by atoms with Gasteiger partial charge in [-0.05, 0) is 17.7 Å². The quantitative estimate of drug-likeness (QED) is 0.566. The molecule has 0 unspecified atom stereocenters. The van der Waals surface area contributed by atoms with Gasteiger partial charge >= 0.3 is 0 Å². The van der Waals surface area contributed by atoms with E-state index in [1.165, 1.54) is 17.0 Å².